The summed E-state index contributed by atoms with van der Waals surface area (Å²) in [4.78, 5) is 2.11. The van der Waals surface area contributed by atoms with Crippen molar-refractivity contribution in [3.05, 3.63) is 0 Å². The molecule has 2 heterocycles. The molecule has 2 aliphatic rings. The summed E-state index contributed by atoms with van der Waals surface area (Å²) in [6, 6.07) is 0. The van der Waals surface area contributed by atoms with E-state index in [0.29, 0.717) is 39.3 Å². The van der Waals surface area contributed by atoms with Gasteiger partial charge in [-0.05, 0) is 26.8 Å². The highest BCUT2D eigenvalue weighted by molar-refractivity contribution is 7.86. The minimum atomic E-state index is -3.42. The smallest absolute Gasteiger partial charge is 0.282 e. The monoisotopic (exact) mass is 321 g/mol. The fraction of sp³-hybridized carbons (Fsp3) is 1.00. The van der Waals surface area contributed by atoms with E-state index < -0.39 is 10.2 Å². The van der Waals surface area contributed by atoms with Crippen LogP contribution in [0.4, 0.5) is 0 Å². The summed E-state index contributed by atoms with van der Waals surface area (Å²) in [7, 11) is -3.42. The van der Waals surface area contributed by atoms with Gasteiger partial charge in [-0.3, -0.25) is 4.90 Å². The zero-order valence-corrected chi connectivity index (χ0v) is 13.8. The second-order valence-electron chi connectivity index (χ2n) is 5.90. The van der Waals surface area contributed by atoms with Crippen LogP contribution in [-0.4, -0.2) is 91.7 Å². The highest BCUT2D eigenvalue weighted by atomic mass is 32.2. The van der Waals surface area contributed by atoms with Crippen LogP contribution in [0.5, 0.6) is 0 Å². The predicted octanol–water partition coefficient (Wildman–Crippen LogP) is -0.660. The molecule has 2 fully saturated rings. The van der Waals surface area contributed by atoms with Gasteiger partial charge in [0.05, 0.1) is 18.8 Å². The van der Waals surface area contributed by atoms with Crippen molar-refractivity contribution in [3.8, 4) is 0 Å². The molecular formula is C13H27N3O4S. The second kappa shape index (κ2) is 7.34. The summed E-state index contributed by atoms with van der Waals surface area (Å²) < 4.78 is 34.3. The van der Waals surface area contributed by atoms with E-state index in [0.717, 1.165) is 13.0 Å². The Morgan fingerprint density at radius 3 is 2.33 bits per heavy atom. The van der Waals surface area contributed by atoms with Crippen LogP contribution < -0.4 is 0 Å². The molecule has 0 amide bonds. The van der Waals surface area contributed by atoms with Crippen molar-refractivity contribution in [2.24, 2.45) is 0 Å². The number of hydrogen-bond acceptors (Lipinski definition) is 5. The topological polar surface area (TPSA) is 73.3 Å². The van der Waals surface area contributed by atoms with Crippen molar-refractivity contribution in [2.75, 3.05) is 52.4 Å². The first-order valence-electron chi connectivity index (χ1n) is 7.67. The summed E-state index contributed by atoms with van der Waals surface area (Å²) in [6.45, 7) is 7.93. The average molecular weight is 321 g/mol. The normalized spacial score (nSPS) is 31.2. The van der Waals surface area contributed by atoms with Crippen LogP contribution in [0.15, 0.2) is 0 Å². The molecule has 0 aromatic carbocycles. The van der Waals surface area contributed by atoms with E-state index in [4.69, 9.17) is 9.84 Å². The molecule has 0 aliphatic carbocycles. The number of rotatable bonds is 4. The summed E-state index contributed by atoms with van der Waals surface area (Å²) >= 11 is 0. The van der Waals surface area contributed by atoms with E-state index >= 15 is 0 Å². The molecule has 0 aromatic rings. The van der Waals surface area contributed by atoms with Gasteiger partial charge in [0.1, 0.15) is 0 Å². The third-order valence-corrected chi connectivity index (χ3v) is 5.97. The molecule has 2 atom stereocenters. The number of aliphatic hydroxyl groups excluding tert-OH is 1. The Kier molecular flexibility index (Phi) is 5.98. The van der Waals surface area contributed by atoms with Crippen molar-refractivity contribution in [1.82, 2.24) is 13.5 Å². The maximum absolute atomic E-state index is 12.8. The Morgan fingerprint density at radius 2 is 1.71 bits per heavy atom. The molecule has 0 spiro atoms. The van der Waals surface area contributed by atoms with E-state index in [1.54, 1.807) is 8.61 Å². The Labute approximate surface area is 127 Å². The van der Waals surface area contributed by atoms with E-state index in [-0.39, 0.29) is 18.8 Å². The van der Waals surface area contributed by atoms with Crippen LogP contribution in [0, 0.1) is 0 Å². The number of hydrogen-bond donors (Lipinski definition) is 1. The van der Waals surface area contributed by atoms with Gasteiger partial charge in [0, 0.05) is 39.3 Å². The van der Waals surface area contributed by atoms with Gasteiger partial charge in [-0.1, -0.05) is 0 Å². The van der Waals surface area contributed by atoms with Gasteiger partial charge < -0.3 is 9.84 Å². The number of aliphatic hydroxyl groups is 1. The minimum Gasteiger partial charge on any atom is -0.395 e. The largest absolute Gasteiger partial charge is 0.395 e. The summed E-state index contributed by atoms with van der Waals surface area (Å²) in [5.41, 5.74) is 0. The van der Waals surface area contributed by atoms with Gasteiger partial charge in [0.15, 0.2) is 0 Å². The number of β-amino-alcohol motifs (C(OH)–C–C–N with tert-alkyl or cyclic N) is 1. The SMILES string of the molecule is CC1CN(S(=O)(=O)N2CCCN(CCO)CC2)CC(C)O1. The van der Waals surface area contributed by atoms with Crippen LogP contribution in [-0.2, 0) is 14.9 Å². The van der Waals surface area contributed by atoms with Crippen LogP contribution in [0.1, 0.15) is 20.3 Å². The Morgan fingerprint density at radius 1 is 1.05 bits per heavy atom. The number of nitrogens with zero attached hydrogens (tertiary/aromatic N) is 3. The molecule has 1 N–H and O–H groups in total. The van der Waals surface area contributed by atoms with Gasteiger partial charge in [-0.2, -0.15) is 17.0 Å². The van der Waals surface area contributed by atoms with Crippen LogP contribution in [0.25, 0.3) is 0 Å². The van der Waals surface area contributed by atoms with E-state index in [2.05, 4.69) is 4.90 Å². The molecule has 2 rings (SSSR count). The van der Waals surface area contributed by atoms with E-state index in [1.165, 1.54) is 0 Å². The van der Waals surface area contributed by atoms with Crippen molar-refractivity contribution < 1.29 is 18.3 Å². The maximum Gasteiger partial charge on any atom is 0.282 e. The molecule has 2 unspecified atom stereocenters. The lowest BCUT2D eigenvalue weighted by atomic mass is 10.3. The van der Waals surface area contributed by atoms with Gasteiger partial charge in [-0.15, -0.1) is 0 Å². The summed E-state index contributed by atoms with van der Waals surface area (Å²) in [5, 5.41) is 9.00. The first-order valence-corrected chi connectivity index (χ1v) is 9.07. The van der Waals surface area contributed by atoms with Gasteiger partial charge in [-0.25, -0.2) is 0 Å². The highest BCUT2D eigenvalue weighted by Crippen LogP contribution is 2.18. The summed E-state index contributed by atoms with van der Waals surface area (Å²) in [5.74, 6) is 0. The number of morpholine rings is 1. The minimum absolute atomic E-state index is 0.0682. The molecular weight excluding hydrogens is 294 g/mol. The maximum atomic E-state index is 12.8. The first kappa shape index (κ1) is 17.1. The zero-order chi connectivity index (χ0) is 15.5. The standard InChI is InChI=1S/C13H27N3O4S/c1-12-10-16(11-13(2)20-12)21(18,19)15-5-3-4-14(6-7-15)8-9-17/h12-13,17H,3-11H2,1-2H3. The molecule has 7 nitrogen and oxygen atoms in total. The summed E-state index contributed by atoms with van der Waals surface area (Å²) in [6.07, 6.45) is 0.664. The van der Waals surface area contributed by atoms with Crippen molar-refractivity contribution in [2.45, 2.75) is 32.5 Å². The Bertz CT molecular complexity index is 421. The molecule has 2 saturated heterocycles. The zero-order valence-electron chi connectivity index (χ0n) is 12.9. The molecule has 0 radical (unpaired) electrons. The van der Waals surface area contributed by atoms with Crippen molar-refractivity contribution in [1.29, 1.82) is 0 Å². The lowest BCUT2D eigenvalue weighted by Gasteiger charge is -2.37. The second-order valence-corrected chi connectivity index (χ2v) is 7.83. The number of ether oxygens (including phenoxy) is 1. The molecule has 8 heteroatoms. The molecule has 124 valence electrons. The first-order chi connectivity index (χ1) is 9.93. The van der Waals surface area contributed by atoms with Crippen molar-refractivity contribution >= 4 is 10.2 Å². The van der Waals surface area contributed by atoms with Gasteiger partial charge in [0.25, 0.3) is 10.2 Å². The van der Waals surface area contributed by atoms with Crippen LogP contribution >= 0.6 is 0 Å². The molecule has 2 aliphatic heterocycles. The fourth-order valence-electron chi connectivity index (χ4n) is 3.03. The molecule has 0 aromatic heterocycles. The lowest BCUT2D eigenvalue weighted by Crippen LogP contribution is -2.53. The Hall–Kier alpha value is -0.250. The van der Waals surface area contributed by atoms with E-state index in [1.807, 2.05) is 13.8 Å². The third-order valence-electron chi connectivity index (χ3n) is 4.00. The molecule has 0 bridgehead atoms. The predicted molar refractivity (Wildman–Crippen MR) is 80.2 cm³/mol. The highest BCUT2D eigenvalue weighted by Gasteiger charge is 2.35. The average Bonchev–Trinajstić information content (AvgIpc) is 2.64. The quantitative estimate of drug-likeness (QED) is 0.744. The van der Waals surface area contributed by atoms with Crippen LogP contribution in [0.3, 0.4) is 0 Å². The van der Waals surface area contributed by atoms with Gasteiger partial charge >= 0.3 is 0 Å². The van der Waals surface area contributed by atoms with Crippen molar-refractivity contribution in [3.63, 3.8) is 0 Å². The lowest BCUT2D eigenvalue weighted by molar-refractivity contribution is -0.0454. The van der Waals surface area contributed by atoms with Gasteiger partial charge in [0.2, 0.25) is 0 Å². The fourth-order valence-corrected chi connectivity index (χ4v) is 4.82. The van der Waals surface area contributed by atoms with E-state index in [9.17, 15) is 8.42 Å². The third kappa shape index (κ3) is 4.37. The molecule has 0 saturated carbocycles. The van der Waals surface area contributed by atoms with Crippen LogP contribution in [0.2, 0.25) is 0 Å². The Balaban J connectivity index is 2.01. The molecule has 21 heavy (non-hydrogen) atoms.